The first kappa shape index (κ1) is 24.0. The molecule has 0 radical (unpaired) electrons. The van der Waals surface area contributed by atoms with Gasteiger partial charge < -0.3 is 4.57 Å². The maximum Gasteiger partial charge on any atom is 0.351 e. The van der Waals surface area contributed by atoms with Crippen molar-refractivity contribution >= 4 is 11.0 Å². The second kappa shape index (κ2) is 9.29. The van der Waals surface area contributed by atoms with Crippen LogP contribution >= 0.6 is 0 Å². The molecule has 4 fully saturated rings. The largest absolute Gasteiger partial charge is 0.351 e. The molecule has 1 aromatic carbocycles. The number of benzene rings is 1. The van der Waals surface area contributed by atoms with Crippen molar-refractivity contribution in [3.8, 4) is 5.82 Å². The molecular formula is C29H36N6O3. The van der Waals surface area contributed by atoms with E-state index in [0.717, 1.165) is 47.0 Å². The third-order valence-corrected chi connectivity index (χ3v) is 9.83. The van der Waals surface area contributed by atoms with E-state index in [4.69, 9.17) is 0 Å². The lowest BCUT2D eigenvalue weighted by Crippen LogP contribution is -2.59. The van der Waals surface area contributed by atoms with Crippen molar-refractivity contribution in [1.29, 1.82) is 0 Å². The Morgan fingerprint density at radius 1 is 0.842 bits per heavy atom. The number of aromatic amines is 1. The zero-order chi connectivity index (χ0) is 26.0. The number of H-pyrrole nitrogens is 1. The minimum atomic E-state index is -0.757. The van der Waals surface area contributed by atoms with Gasteiger partial charge in [0.2, 0.25) is 5.82 Å². The number of hydrogen-bond donors (Lipinski definition) is 1. The van der Waals surface area contributed by atoms with Crippen molar-refractivity contribution in [2.45, 2.75) is 95.3 Å². The Morgan fingerprint density at radius 3 is 2.26 bits per heavy atom. The van der Waals surface area contributed by atoms with Gasteiger partial charge in [0.1, 0.15) is 6.20 Å². The van der Waals surface area contributed by atoms with E-state index in [0.29, 0.717) is 23.6 Å². The van der Waals surface area contributed by atoms with E-state index in [1.54, 1.807) is 0 Å². The van der Waals surface area contributed by atoms with E-state index < -0.39 is 11.2 Å². The summed E-state index contributed by atoms with van der Waals surface area (Å²) in [4.78, 5) is 47.7. The van der Waals surface area contributed by atoms with Gasteiger partial charge in [0.15, 0.2) is 0 Å². The molecule has 2 aliphatic heterocycles. The second-order valence-corrected chi connectivity index (χ2v) is 12.4. The number of nitrogens with one attached hydrogen (secondary N) is 1. The zero-order valence-corrected chi connectivity index (χ0v) is 22.0. The van der Waals surface area contributed by atoms with Crippen LogP contribution in [-0.2, 0) is 0 Å². The van der Waals surface area contributed by atoms with Crippen LogP contribution in [0.25, 0.3) is 16.9 Å². The molecule has 7 atom stereocenters. The number of rotatable bonds is 3. The average Bonchev–Trinajstić information content (AvgIpc) is 2.87. The van der Waals surface area contributed by atoms with Crippen LogP contribution in [0.1, 0.15) is 77.2 Å². The minimum absolute atomic E-state index is 0.0299. The van der Waals surface area contributed by atoms with Gasteiger partial charge >= 0.3 is 5.69 Å². The number of para-hydroxylation sites is 2. The highest BCUT2D eigenvalue weighted by atomic mass is 16.2. The van der Waals surface area contributed by atoms with Crippen LogP contribution in [0.2, 0.25) is 0 Å². The minimum Gasteiger partial charge on any atom is -0.300 e. The van der Waals surface area contributed by atoms with E-state index in [9.17, 15) is 14.4 Å². The van der Waals surface area contributed by atoms with Crippen molar-refractivity contribution < 1.29 is 0 Å². The Morgan fingerprint density at radius 2 is 1.55 bits per heavy atom. The van der Waals surface area contributed by atoms with Gasteiger partial charge in [-0.3, -0.25) is 19.5 Å². The SMILES string of the molecule is C[C@@H]1C[C@@H]2C[C@H](C1)C[C@@H](N1[C@@H]3CCC[C@H]1C[C@@H](n1c(=O)c(-n4ncc(=O)[nH]c4=O)nc4ccccc41)C3)C2. The fraction of sp³-hybridized carbons (Fsp3) is 0.621. The van der Waals surface area contributed by atoms with Crippen molar-refractivity contribution in [3.05, 3.63) is 61.7 Å². The van der Waals surface area contributed by atoms with E-state index in [-0.39, 0.29) is 17.4 Å². The maximum atomic E-state index is 14.0. The predicted molar refractivity (Wildman–Crippen MR) is 145 cm³/mol. The molecule has 0 amide bonds. The van der Waals surface area contributed by atoms with Gasteiger partial charge in [0, 0.05) is 24.2 Å². The van der Waals surface area contributed by atoms with E-state index in [1.165, 1.54) is 51.4 Å². The molecule has 2 aromatic heterocycles. The van der Waals surface area contributed by atoms with Gasteiger partial charge in [0.05, 0.1) is 11.0 Å². The summed E-state index contributed by atoms with van der Waals surface area (Å²) in [5, 5.41) is 3.94. The lowest BCUT2D eigenvalue weighted by molar-refractivity contribution is -0.0524. The Labute approximate surface area is 220 Å². The summed E-state index contributed by atoms with van der Waals surface area (Å²) >= 11 is 0. The maximum absolute atomic E-state index is 14.0. The van der Waals surface area contributed by atoms with Crippen LogP contribution in [0, 0.1) is 17.8 Å². The highest BCUT2D eigenvalue weighted by Crippen LogP contribution is 2.48. The summed E-state index contributed by atoms with van der Waals surface area (Å²) in [6.45, 7) is 2.43. The van der Waals surface area contributed by atoms with Crippen molar-refractivity contribution in [3.63, 3.8) is 0 Å². The zero-order valence-electron chi connectivity index (χ0n) is 22.0. The molecule has 38 heavy (non-hydrogen) atoms. The second-order valence-electron chi connectivity index (χ2n) is 12.4. The van der Waals surface area contributed by atoms with Gasteiger partial charge in [-0.15, -0.1) is 0 Å². The van der Waals surface area contributed by atoms with Crippen molar-refractivity contribution in [1.82, 2.24) is 29.2 Å². The van der Waals surface area contributed by atoms with Gasteiger partial charge in [-0.1, -0.05) is 25.5 Å². The summed E-state index contributed by atoms with van der Waals surface area (Å²) in [5.74, 6) is 2.55. The molecule has 1 N–H and O–H groups in total. The normalized spacial score (nSPS) is 33.3. The van der Waals surface area contributed by atoms with Crippen LogP contribution in [0.5, 0.6) is 0 Å². The third-order valence-electron chi connectivity index (χ3n) is 9.83. The molecule has 9 heteroatoms. The molecule has 4 bridgehead atoms. The van der Waals surface area contributed by atoms with Gasteiger partial charge in [0.25, 0.3) is 11.1 Å². The first-order chi connectivity index (χ1) is 18.4. The lowest BCUT2D eigenvalue weighted by atomic mass is 9.65. The van der Waals surface area contributed by atoms with Crippen molar-refractivity contribution in [2.75, 3.05) is 0 Å². The number of nitrogens with zero attached hydrogens (tertiary/aromatic N) is 5. The summed E-state index contributed by atoms with van der Waals surface area (Å²) in [6.07, 6.45) is 13.3. The molecule has 0 unspecified atom stereocenters. The lowest BCUT2D eigenvalue weighted by Gasteiger charge is -2.55. The molecule has 4 aliphatic rings. The third kappa shape index (κ3) is 4.06. The fourth-order valence-electron chi connectivity index (χ4n) is 8.73. The molecule has 200 valence electrons. The number of hydrogen-bond acceptors (Lipinski definition) is 6. The molecule has 0 spiro atoms. The molecule has 7 rings (SSSR count). The Balaban J connectivity index is 1.26. The standard InChI is InChI=1S/C29H36N6O3/c1-17-9-18-11-19(10-17)13-22(12-18)33-20-5-4-6-21(33)15-23(14-20)34-25-8-3-2-7-24(25)31-27(28(34)37)35-29(38)32-26(36)16-30-35/h2-3,7-8,16-23H,4-6,9-15H2,1H3,(H,32,36,38)/t17-,18-,19+,20-,21+,22+,23+. The molecule has 2 aliphatic carbocycles. The molecule has 4 heterocycles. The smallest absolute Gasteiger partial charge is 0.300 e. The number of aromatic nitrogens is 5. The van der Waals surface area contributed by atoms with Crippen LogP contribution in [-0.4, -0.2) is 47.3 Å². The fourth-order valence-corrected chi connectivity index (χ4v) is 8.73. The molecular weight excluding hydrogens is 480 g/mol. The summed E-state index contributed by atoms with van der Waals surface area (Å²) in [7, 11) is 0. The summed E-state index contributed by atoms with van der Waals surface area (Å²) in [6, 6.07) is 9.28. The molecule has 2 saturated carbocycles. The predicted octanol–water partition coefficient (Wildman–Crippen LogP) is 3.40. The van der Waals surface area contributed by atoms with Gasteiger partial charge in [-0.05, 0) is 87.7 Å². The van der Waals surface area contributed by atoms with E-state index in [2.05, 4.69) is 26.9 Å². The molecule has 3 aromatic rings. The quantitative estimate of drug-likeness (QED) is 0.572. The summed E-state index contributed by atoms with van der Waals surface area (Å²) < 4.78 is 2.79. The monoisotopic (exact) mass is 516 g/mol. The van der Waals surface area contributed by atoms with Crippen molar-refractivity contribution in [2.24, 2.45) is 17.8 Å². The molecule has 2 saturated heterocycles. The molecule has 9 nitrogen and oxygen atoms in total. The van der Waals surface area contributed by atoms with Gasteiger partial charge in [-0.25, -0.2) is 9.78 Å². The van der Waals surface area contributed by atoms with Crippen LogP contribution in [0.3, 0.4) is 0 Å². The van der Waals surface area contributed by atoms with Gasteiger partial charge in [-0.2, -0.15) is 9.78 Å². The highest BCUT2D eigenvalue weighted by Gasteiger charge is 2.46. The Kier molecular flexibility index (Phi) is 5.87. The Bertz CT molecular complexity index is 1510. The Hall–Kier alpha value is -3.07. The topological polar surface area (TPSA) is 106 Å². The van der Waals surface area contributed by atoms with Crippen LogP contribution in [0.4, 0.5) is 0 Å². The average molecular weight is 517 g/mol. The first-order valence-electron chi connectivity index (χ1n) is 14.4. The van der Waals surface area contributed by atoms with Crippen LogP contribution in [0.15, 0.2) is 44.8 Å². The van der Waals surface area contributed by atoms with Crippen LogP contribution < -0.4 is 16.8 Å². The highest BCUT2D eigenvalue weighted by molar-refractivity contribution is 5.75. The number of piperidine rings is 2. The number of fused-ring (bicyclic) bond motifs is 5. The van der Waals surface area contributed by atoms with E-state index in [1.807, 2.05) is 28.8 Å². The van der Waals surface area contributed by atoms with E-state index >= 15 is 0 Å². The summed E-state index contributed by atoms with van der Waals surface area (Å²) in [5.41, 5.74) is -0.259. The first-order valence-corrected chi connectivity index (χ1v) is 14.4.